The largest absolute Gasteiger partial charge is 0.497 e. The minimum atomic E-state index is -0.0953. The highest BCUT2D eigenvalue weighted by Crippen LogP contribution is 2.24. The van der Waals surface area contributed by atoms with Crippen LogP contribution in [0.2, 0.25) is 0 Å². The monoisotopic (exact) mass is 383 g/mol. The van der Waals surface area contributed by atoms with E-state index in [-0.39, 0.29) is 11.9 Å². The van der Waals surface area contributed by atoms with Crippen LogP contribution in [0.4, 0.5) is 5.69 Å². The fourth-order valence-corrected chi connectivity index (χ4v) is 3.40. The lowest BCUT2D eigenvalue weighted by molar-refractivity contribution is 0.0162. The number of methoxy groups -OCH3 is 1. The van der Waals surface area contributed by atoms with Gasteiger partial charge in [0.15, 0.2) is 0 Å². The lowest BCUT2D eigenvalue weighted by atomic mass is 10.0. The lowest BCUT2D eigenvalue weighted by Crippen LogP contribution is -2.43. The summed E-state index contributed by atoms with van der Waals surface area (Å²) in [6, 6.07) is 15.8. The molecule has 0 aromatic heterocycles. The van der Waals surface area contributed by atoms with Crippen molar-refractivity contribution >= 4 is 11.6 Å². The first-order valence-electron chi connectivity index (χ1n) is 9.60. The predicted octanol–water partition coefficient (Wildman–Crippen LogP) is 2.56. The molecule has 1 saturated heterocycles. The predicted molar refractivity (Wildman–Crippen MR) is 111 cm³/mol. The molecule has 2 aromatic rings. The maximum Gasteiger partial charge on any atom is 0.251 e. The Hall–Kier alpha value is -2.57. The van der Waals surface area contributed by atoms with Gasteiger partial charge in [-0.1, -0.05) is 18.2 Å². The van der Waals surface area contributed by atoms with E-state index >= 15 is 0 Å². The molecular formula is C22H29N3O3. The van der Waals surface area contributed by atoms with Crippen LogP contribution >= 0.6 is 0 Å². The van der Waals surface area contributed by atoms with Crippen molar-refractivity contribution in [2.24, 2.45) is 0 Å². The van der Waals surface area contributed by atoms with Gasteiger partial charge >= 0.3 is 0 Å². The van der Waals surface area contributed by atoms with Crippen LogP contribution in [0.3, 0.4) is 0 Å². The average molecular weight is 383 g/mol. The molecule has 0 saturated carbocycles. The molecule has 2 aromatic carbocycles. The third kappa shape index (κ3) is 5.03. The molecule has 1 N–H and O–H groups in total. The summed E-state index contributed by atoms with van der Waals surface area (Å²) >= 11 is 0. The maximum atomic E-state index is 12.7. The van der Waals surface area contributed by atoms with E-state index in [0.29, 0.717) is 17.9 Å². The summed E-state index contributed by atoms with van der Waals surface area (Å²) in [6.07, 6.45) is 0. The van der Waals surface area contributed by atoms with Crippen molar-refractivity contribution in [3.63, 3.8) is 0 Å². The van der Waals surface area contributed by atoms with Crippen LogP contribution in [0.15, 0.2) is 48.5 Å². The number of morpholine rings is 1. The minimum absolute atomic E-state index is 0.0953. The maximum absolute atomic E-state index is 12.7. The Bertz CT molecular complexity index is 771. The highest BCUT2D eigenvalue weighted by Gasteiger charge is 2.23. The Balaban J connectivity index is 1.74. The van der Waals surface area contributed by atoms with Crippen molar-refractivity contribution in [3.05, 3.63) is 59.7 Å². The SMILES string of the molecule is COc1cccc(C(=O)NCC(c2ccc(N(C)C)cc2)N2CCOCC2)c1. The van der Waals surface area contributed by atoms with Crippen molar-refractivity contribution in [2.75, 3.05) is 59.0 Å². The molecule has 1 heterocycles. The summed E-state index contributed by atoms with van der Waals surface area (Å²) in [5.74, 6) is 0.582. The topological polar surface area (TPSA) is 54.0 Å². The molecule has 1 atom stereocenters. The Morgan fingerprint density at radius 2 is 1.89 bits per heavy atom. The van der Waals surface area contributed by atoms with E-state index < -0.39 is 0 Å². The van der Waals surface area contributed by atoms with E-state index in [1.807, 2.05) is 26.2 Å². The molecule has 0 aliphatic carbocycles. The second-order valence-corrected chi connectivity index (χ2v) is 7.09. The number of rotatable bonds is 7. The molecule has 0 bridgehead atoms. The van der Waals surface area contributed by atoms with Gasteiger partial charge in [0.05, 0.1) is 26.4 Å². The van der Waals surface area contributed by atoms with Gasteiger partial charge in [-0.25, -0.2) is 0 Å². The van der Waals surface area contributed by atoms with Gasteiger partial charge in [0.1, 0.15) is 5.75 Å². The zero-order valence-corrected chi connectivity index (χ0v) is 16.9. The molecule has 1 aliphatic rings. The van der Waals surface area contributed by atoms with Crippen LogP contribution in [0.5, 0.6) is 5.75 Å². The number of ether oxygens (including phenoxy) is 2. The Kier molecular flexibility index (Phi) is 6.90. The number of hydrogen-bond acceptors (Lipinski definition) is 5. The summed E-state index contributed by atoms with van der Waals surface area (Å²) in [5, 5.41) is 3.10. The third-order valence-corrected chi connectivity index (χ3v) is 5.07. The smallest absolute Gasteiger partial charge is 0.251 e. The minimum Gasteiger partial charge on any atom is -0.497 e. The van der Waals surface area contributed by atoms with E-state index in [9.17, 15) is 4.79 Å². The van der Waals surface area contributed by atoms with Crippen molar-refractivity contribution in [2.45, 2.75) is 6.04 Å². The van der Waals surface area contributed by atoms with Gasteiger partial charge in [-0.3, -0.25) is 9.69 Å². The molecule has 6 heteroatoms. The van der Waals surface area contributed by atoms with Crippen LogP contribution in [-0.4, -0.2) is 64.9 Å². The molecule has 1 aliphatic heterocycles. The van der Waals surface area contributed by atoms with Gasteiger partial charge in [0, 0.05) is 45.0 Å². The fourth-order valence-electron chi connectivity index (χ4n) is 3.40. The Labute approximate surface area is 167 Å². The zero-order chi connectivity index (χ0) is 19.9. The summed E-state index contributed by atoms with van der Waals surface area (Å²) in [4.78, 5) is 17.1. The second kappa shape index (κ2) is 9.57. The van der Waals surface area contributed by atoms with Crippen LogP contribution < -0.4 is 15.0 Å². The number of benzene rings is 2. The van der Waals surface area contributed by atoms with E-state index in [2.05, 4.69) is 39.4 Å². The zero-order valence-electron chi connectivity index (χ0n) is 16.9. The highest BCUT2D eigenvalue weighted by atomic mass is 16.5. The van der Waals surface area contributed by atoms with Crippen molar-refractivity contribution in [1.29, 1.82) is 0 Å². The molecule has 28 heavy (non-hydrogen) atoms. The van der Waals surface area contributed by atoms with Crippen molar-refractivity contribution in [1.82, 2.24) is 10.2 Å². The van der Waals surface area contributed by atoms with Gasteiger partial charge in [0.25, 0.3) is 5.91 Å². The number of nitrogens with zero attached hydrogens (tertiary/aromatic N) is 2. The van der Waals surface area contributed by atoms with Crippen molar-refractivity contribution in [3.8, 4) is 5.75 Å². The van der Waals surface area contributed by atoms with Gasteiger partial charge in [0.2, 0.25) is 0 Å². The van der Waals surface area contributed by atoms with E-state index in [4.69, 9.17) is 9.47 Å². The molecule has 0 spiro atoms. The number of amides is 1. The summed E-state index contributed by atoms with van der Waals surface area (Å²) in [5.41, 5.74) is 2.95. The van der Waals surface area contributed by atoms with Crippen LogP contribution in [0.25, 0.3) is 0 Å². The quantitative estimate of drug-likeness (QED) is 0.796. The summed E-state index contributed by atoms with van der Waals surface area (Å²) in [7, 11) is 5.66. The number of anilines is 1. The van der Waals surface area contributed by atoms with E-state index in [1.54, 1.807) is 19.2 Å². The van der Waals surface area contributed by atoms with Crippen LogP contribution in [0, 0.1) is 0 Å². The number of carbonyl (C=O) groups is 1. The third-order valence-electron chi connectivity index (χ3n) is 5.07. The fraction of sp³-hybridized carbons (Fsp3) is 0.409. The first-order valence-corrected chi connectivity index (χ1v) is 9.60. The van der Waals surface area contributed by atoms with Gasteiger partial charge in [-0.15, -0.1) is 0 Å². The van der Waals surface area contributed by atoms with Gasteiger partial charge in [-0.05, 0) is 35.9 Å². The molecule has 1 unspecified atom stereocenters. The van der Waals surface area contributed by atoms with E-state index in [0.717, 1.165) is 32.0 Å². The van der Waals surface area contributed by atoms with Gasteiger partial charge in [-0.2, -0.15) is 0 Å². The number of carbonyl (C=O) groups excluding carboxylic acids is 1. The van der Waals surface area contributed by atoms with E-state index in [1.165, 1.54) is 5.56 Å². The summed E-state index contributed by atoms with van der Waals surface area (Å²) in [6.45, 7) is 3.69. The van der Waals surface area contributed by atoms with Gasteiger partial charge < -0.3 is 19.7 Å². The second-order valence-electron chi connectivity index (χ2n) is 7.09. The lowest BCUT2D eigenvalue weighted by Gasteiger charge is -2.35. The molecule has 1 fully saturated rings. The molecule has 6 nitrogen and oxygen atoms in total. The molecule has 0 radical (unpaired) electrons. The normalized spacial score (nSPS) is 15.7. The summed E-state index contributed by atoms with van der Waals surface area (Å²) < 4.78 is 10.7. The first-order chi connectivity index (χ1) is 13.6. The standard InChI is InChI=1S/C22H29N3O3/c1-24(2)19-9-7-17(8-10-19)21(25-11-13-28-14-12-25)16-23-22(26)18-5-4-6-20(15-18)27-3/h4-10,15,21H,11-14,16H2,1-3H3,(H,23,26). The molecule has 3 rings (SSSR count). The first kappa shape index (κ1) is 20.2. The van der Waals surface area contributed by atoms with Crippen LogP contribution in [-0.2, 0) is 4.74 Å². The van der Waals surface area contributed by atoms with Crippen LogP contribution in [0.1, 0.15) is 22.0 Å². The Morgan fingerprint density at radius 1 is 1.18 bits per heavy atom. The number of hydrogen-bond donors (Lipinski definition) is 1. The average Bonchev–Trinajstić information content (AvgIpc) is 2.75. The van der Waals surface area contributed by atoms with Crippen molar-refractivity contribution < 1.29 is 14.3 Å². The molecule has 150 valence electrons. The highest BCUT2D eigenvalue weighted by molar-refractivity contribution is 5.94. The molecule has 1 amide bonds. The number of nitrogens with one attached hydrogen (secondary N) is 1. The Morgan fingerprint density at radius 3 is 2.54 bits per heavy atom. The molecular weight excluding hydrogens is 354 g/mol.